The van der Waals surface area contributed by atoms with E-state index in [1.165, 1.54) is 24.9 Å². The second-order valence-electron chi connectivity index (χ2n) is 7.80. The third kappa shape index (κ3) is 5.44. The summed E-state index contributed by atoms with van der Waals surface area (Å²) in [6.45, 7) is 1.86. The number of nitrogens with one attached hydrogen (secondary N) is 2. The zero-order chi connectivity index (χ0) is 23.4. The number of carbonyl (C=O) groups excluding carboxylic acids is 2. The van der Waals surface area contributed by atoms with Crippen molar-refractivity contribution in [1.29, 1.82) is 0 Å². The van der Waals surface area contributed by atoms with Crippen LogP contribution in [0.4, 0.5) is 0 Å². The van der Waals surface area contributed by atoms with Crippen LogP contribution in [0.15, 0.2) is 55.2 Å². The third-order valence-electron chi connectivity index (χ3n) is 5.25. The molecule has 0 aliphatic heterocycles. The van der Waals surface area contributed by atoms with E-state index in [1.807, 2.05) is 0 Å². The molecule has 1 aliphatic rings. The SMILES string of the molecule is CC(O)c1ccc(Oc2ccc(CNC(=O)C3(NC(=O)c4cncnc4)CC3)nc2)c(Cl)c1. The smallest absolute Gasteiger partial charge is 0.255 e. The summed E-state index contributed by atoms with van der Waals surface area (Å²) in [5.41, 5.74) is 0.711. The molecule has 1 saturated carbocycles. The fourth-order valence-corrected chi connectivity index (χ4v) is 3.37. The lowest BCUT2D eigenvalue weighted by molar-refractivity contribution is -0.124. The minimum atomic E-state index is -0.912. The van der Waals surface area contributed by atoms with Crippen molar-refractivity contribution >= 4 is 23.4 Å². The van der Waals surface area contributed by atoms with E-state index >= 15 is 0 Å². The van der Waals surface area contributed by atoms with Crippen molar-refractivity contribution < 1.29 is 19.4 Å². The van der Waals surface area contributed by atoms with Crippen LogP contribution in [-0.2, 0) is 11.3 Å². The zero-order valence-corrected chi connectivity index (χ0v) is 18.5. The summed E-state index contributed by atoms with van der Waals surface area (Å²) in [7, 11) is 0. The van der Waals surface area contributed by atoms with Gasteiger partial charge in [0.25, 0.3) is 5.91 Å². The van der Waals surface area contributed by atoms with Crippen LogP contribution in [-0.4, -0.2) is 37.4 Å². The Labute approximate surface area is 195 Å². The molecule has 2 heterocycles. The average Bonchev–Trinajstić information content (AvgIpc) is 3.60. The molecule has 33 heavy (non-hydrogen) atoms. The number of aliphatic hydroxyl groups excluding tert-OH is 1. The summed E-state index contributed by atoms with van der Waals surface area (Å²) in [6, 6.07) is 8.52. The van der Waals surface area contributed by atoms with E-state index in [2.05, 4.69) is 25.6 Å². The molecule has 1 aliphatic carbocycles. The van der Waals surface area contributed by atoms with Gasteiger partial charge < -0.3 is 20.5 Å². The van der Waals surface area contributed by atoms with Gasteiger partial charge in [-0.2, -0.15) is 0 Å². The van der Waals surface area contributed by atoms with Crippen molar-refractivity contribution in [2.45, 2.75) is 38.0 Å². The quantitative estimate of drug-likeness (QED) is 0.465. The summed E-state index contributed by atoms with van der Waals surface area (Å²) in [5.74, 6) is 0.273. The lowest BCUT2D eigenvalue weighted by Crippen LogP contribution is -2.48. The number of pyridine rings is 1. The number of amides is 2. The van der Waals surface area contributed by atoms with Gasteiger partial charge in [-0.05, 0) is 49.6 Å². The summed E-state index contributed by atoms with van der Waals surface area (Å²) in [4.78, 5) is 36.9. The zero-order valence-electron chi connectivity index (χ0n) is 17.8. The van der Waals surface area contributed by atoms with Gasteiger partial charge >= 0.3 is 0 Å². The van der Waals surface area contributed by atoms with Crippen LogP contribution >= 0.6 is 11.6 Å². The van der Waals surface area contributed by atoms with Gasteiger partial charge in [-0.3, -0.25) is 14.6 Å². The Bertz CT molecular complexity index is 1150. The highest BCUT2D eigenvalue weighted by molar-refractivity contribution is 6.32. The van der Waals surface area contributed by atoms with Crippen LogP contribution in [0.5, 0.6) is 11.5 Å². The fraction of sp³-hybridized carbons (Fsp3) is 0.261. The van der Waals surface area contributed by atoms with Crippen LogP contribution in [0.25, 0.3) is 0 Å². The highest BCUT2D eigenvalue weighted by Gasteiger charge is 2.51. The summed E-state index contributed by atoms with van der Waals surface area (Å²) in [5, 5.41) is 15.6. The molecule has 2 aromatic heterocycles. The molecular weight excluding hydrogens is 446 g/mol. The molecule has 1 fully saturated rings. The highest BCUT2D eigenvalue weighted by atomic mass is 35.5. The maximum atomic E-state index is 12.6. The predicted molar refractivity (Wildman–Crippen MR) is 120 cm³/mol. The number of halogens is 1. The van der Waals surface area contributed by atoms with Gasteiger partial charge in [0.2, 0.25) is 5.91 Å². The standard InChI is InChI=1S/C23H22ClN5O4/c1-14(30)15-2-5-20(19(24)8-15)33-18-4-3-17(27-12-18)11-28-22(32)23(6-7-23)29-21(31)16-9-25-13-26-10-16/h2-5,8-10,12-14,30H,6-7,11H2,1H3,(H,28,32)(H,29,31). The molecule has 9 nitrogen and oxygen atoms in total. The van der Waals surface area contributed by atoms with Crippen molar-refractivity contribution in [2.75, 3.05) is 0 Å². The maximum Gasteiger partial charge on any atom is 0.255 e. The van der Waals surface area contributed by atoms with Gasteiger partial charge in [-0.1, -0.05) is 17.7 Å². The molecule has 0 spiro atoms. The highest BCUT2D eigenvalue weighted by Crippen LogP contribution is 2.36. The Hall–Kier alpha value is -3.56. The number of carbonyl (C=O) groups is 2. The van der Waals surface area contributed by atoms with Crippen molar-refractivity contribution in [3.05, 3.63) is 77.1 Å². The van der Waals surface area contributed by atoms with E-state index in [-0.39, 0.29) is 18.4 Å². The van der Waals surface area contributed by atoms with Crippen molar-refractivity contribution in [2.24, 2.45) is 0 Å². The molecule has 4 rings (SSSR count). The molecule has 3 aromatic rings. The molecule has 0 radical (unpaired) electrons. The predicted octanol–water partition coefficient (Wildman–Crippen LogP) is 2.95. The minimum absolute atomic E-state index is 0.203. The second kappa shape index (κ2) is 9.51. The van der Waals surface area contributed by atoms with Crippen molar-refractivity contribution in [1.82, 2.24) is 25.6 Å². The molecule has 0 saturated heterocycles. The molecule has 2 amide bonds. The van der Waals surface area contributed by atoms with Gasteiger partial charge in [0.15, 0.2) is 0 Å². The van der Waals surface area contributed by atoms with Crippen LogP contribution < -0.4 is 15.4 Å². The van der Waals surface area contributed by atoms with Gasteiger partial charge in [0, 0.05) is 12.4 Å². The number of rotatable bonds is 8. The van der Waals surface area contributed by atoms with Crippen LogP contribution in [0, 0.1) is 0 Å². The van der Waals surface area contributed by atoms with Crippen LogP contribution in [0.2, 0.25) is 5.02 Å². The summed E-state index contributed by atoms with van der Waals surface area (Å²) < 4.78 is 5.75. The second-order valence-corrected chi connectivity index (χ2v) is 8.21. The number of aromatic nitrogens is 3. The normalized spacial score (nSPS) is 14.8. The largest absolute Gasteiger partial charge is 0.454 e. The summed E-state index contributed by atoms with van der Waals surface area (Å²) >= 11 is 6.22. The number of aliphatic hydroxyl groups is 1. The third-order valence-corrected chi connectivity index (χ3v) is 5.55. The lowest BCUT2D eigenvalue weighted by atomic mass is 10.1. The number of nitrogens with zero attached hydrogens (tertiary/aromatic N) is 3. The molecular formula is C23H22ClN5O4. The topological polar surface area (TPSA) is 126 Å². The van der Waals surface area contributed by atoms with E-state index in [9.17, 15) is 14.7 Å². The Morgan fingerprint density at radius 2 is 1.94 bits per heavy atom. The van der Waals surface area contributed by atoms with Gasteiger partial charge in [-0.25, -0.2) is 9.97 Å². The first-order chi connectivity index (χ1) is 15.9. The first kappa shape index (κ1) is 22.6. The molecule has 1 atom stereocenters. The molecule has 10 heteroatoms. The van der Waals surface area contributed by atoms with E-state index in [0.29, 0.717) is 46.2 Å². The molecule has 3 N–H and O–H groups in total. The van der Waals surface area contributed by atoms with Crippen LogP contribution in [0.1, 0.15) is 47.5 Å². The number of hydrogen-bond acceptors (Lipinski definition) is 7. The fourth-order valence-electron chi connectivity index (χ4n) is 3.14. The minimum Gasteiger partial charge on any atom is -0.454 e. The van der Waals surface area contributed by atoms with E-state index in [1.54, 1.807) is 37.3 Å². The van der Waals surface area contributed by atoms with E-state index < -0.39 is 11.6 Å². The van der Waals surface area contributed by atoms with Gasteiger partial charge in [-0.15, -0.1) is 0 Å². The maximum absolute atomic E-state index is 12.6. The Morgan fingerprint density at radius 1 is 1.18 bits per heavy atom. The Morgan fingerprint density at radius 3 is 2.55 bits per heavy atom. The van der Waals surface area contributed by atoms with E-state index in [4.69, 9.17) is 16.3 Å². The average molecular weight is 468 g/mol. The first-order valence-electron chi connectivity index (χ1n) is 10.3. The molecule has 170 valence electrons. The lowest BCUT2D eigenvalue weighted by Gasteiger charge is -2.17. The number of hydrogen-bond donors (Lipinski definition) is 3. The Kier molecular flexibility index (Phi) is 6.52. The summed E-state index contributed by atoms with van der Waals surface area (Å²) in [6.07, 6.45) is 6.17. The first-order valence-corrected chi connectivity index (χ1v) is 10.7. The molecule has 1 unspecified atom stereocenters. The van der Waals surface area contributed by atoms with Crippen LogP contribution in [0.3, 0.4) is 0 Å². The number of ether oxygens (including phenoxy) is 1. The monoisotopic (exact) mass is 467 g/mol. The van der Waals surface area contributed by atoms with E-state index in [0.717, 1.165) is 0 Å². The number of benzene rings is 1. The van der Waals surface area contributed by atoms with Gasteiger partial charge in [0.1, 0.15) is 23.4 Å². The Balaban J connectivity index is 1.31. The molecule has 0 bridgehead atoms. The van der Waals surface area contributed by atoms with Crippen molar-refractivity contribution in [3.63, 3.8) is 0 Å². The van der Waals surface area contributed by atoms with Crippen molar-refractivity contribution in [3.8, 4) is 11.5 Å². The van der Waals surface area contributed by atoms with Gasteiger partial charge in [0.05, 0.1) is 35.1 Å². The molecule has 1 aromatic carbocycles.